The lowest BCUT2D eigenvalue weighted by atomic mass is 9.88. The fourth-order valence-corrected chi connectivity index (χ4v) is 3.38. The van der Waals surface area contributed by atoms with Gasteiger partial charge in [0.2, 0.25) is 5.91 Å². The molecular weight excluding hydrogens is 632 g/mol. The number of hydrazine groups is 1. The van der Waals surface area contributed by atoms with E-state index < -0.39 is 17.2 Å². The number of nitrogens with one attached hydrogen (secondary N) is 4. The summed E-state index contributed by atoms with van der Waals surface area (Å²) in [6.07, 6.45) is 10.9. The van der Waals surface area contributed by atoms with Crippen LogP contribution in [-0.2, 0) is 14.4 Å². The molecule has 5 N–H and O–H groups in total. The number of halogens is 2. The molecule has 0 aromatic heterocycles. The Morgan fingerprint density at radius 1 is 1.04 bits per heavy atom. The molecule has 2 aromatic carbocycles. The first kappa shape index (κ1) is 43.6. The highest BCUT2D eigenvalue weighted by atomic mass is 19.1. The predicted octanol–water partition coefficient (Wildman–Crippen LogP) is 7.73. The standard InChI is InChI=1S/C23H29FN4O3.C12H14FNO2.C2H6/c1-6-18(9-8-16(2)23(29)30)14-17(3)22(28-26-5)27-12-7-13-31-21-11-10-19(25-4)15-20(21)24;1-3-12(2,8-15)11(16)14-10-6-4-9(13)5-7-10;1-2/h6-13,15,25-26,28H,1,14H2,2-5H3,(H,29,30);4-8H,3H2,1-2H3,(H,14,16);1-2H3/b13-7+,16-8+,18-9+,22-17-,27-12-;;. The normalized spacial score (nSPS) is 13.1. The fraction of sp³-hybridized carbons (Fsp3) is 0.297. The predicted molar refractivity (Wildman–Crippen MR) is 194 cm³/mol. The Morgan fingerprint density at radius 3 is 2.18 bits per heavy atom. The molecule has 2 aromatic rings. The van der Waals surface area contributed by atoms with Crippen LogP contribution in [0, 0.1) is 17.0 Å². The van der Waals surface area contributed by atoms with Gasteiger partial charge in [0.05, 0.1) is 6.26 Å². The third-order valence-electron chi connectivity index (χ3n) is 6.66. The number of hydrogen-bond acceptors (Lipinski definition) is 8. The number of aliphatic imine (C=N–C) groups is 1. The zero-order valence-electron chi connectivity index (χ0n) is 29.5. The van der Waals surface area contributed by atoms with Crippen molar-refractivity contribution in [3.63, 3.8) is 0 Å². The Morgan fingerprint density at radius 2 is 1.67 bits per heavy atom. The number of nitrogens with zero attached hydrogens (tertiary/aromatic N) is 1. The summed E-state index contributed by atoms with van der Waals surface area (Å²) in [5.41, 5.74) is 7.82. The minimum absolute atomic E-state index is 0.106. The molecule has 1 unspecified atom stereocenters. The highest BCUT2D eigenvalue weighted by molar-refractivity contribution is 6.04. The number of carboxylic acids is 1. The Bertz CT molecular complexity index is 1530. The summed E-state index contributed by atoms with van der Waals surface area (Å²) in [5.74, 6) is -1.51. The maximum Gasteiger partial charge on any atom is 0.331 e. The molecule has 0 saturated heterocycles. The van der Waals surface area contributed by atoms with Gasteiger partial charge in [-0.05, 0) is 87.2 Å². The van der Waals surface area contributed by atoms with Gasteiger partial charge in [-0.2, -0.15) is 0 Å². The molecule has 1 atom stereocenters. The minimum atomic E-state index is -1.03. The highest BCUT2D eigenvalue weighted by Crippen LogP contribution is 2.22. The quantitative estimate of drug-likeness (QED) is 0.0231. The molecule has 12 heteroatoms. The highest BCUT2D eigenvalue weighted by Gasteiger charge is 2.30. The first-order valence-corrected chi connectivity index (χ1v) is 15.6. The molecule has 0 spiro atoms. The van der Waals surface area contributed by atoms with Crippen molar-refractivity contribution in [2.75, 3.05) is 24.7 Å². The van der Waals surface area contributed by atoms with Crippen molar-refractivity contribution < 1.29 is 33.0 Å². The molecule has 49 heavy (non-hydrogen) atoms. The van der Waals surface area contributed by atoms with Crippen molar-refractivity contribution in [1.29, 1.82) is 0 Å². The first-order chi connectivity index (χ1) is 23.3. The lowest BCUT2D eigenvalue weighted by Gasteiger charge is -2.19. The number of aliphatic carboxylic acids is 1. The van der Waals surface area contributed by atoms with Crippen LogP contribution in [0.3, 0.4) is 0 Å². The second kappa shape index (κ2) is 23.9. The van der Waals surface area contributed by atoms with Gasteiger partial charge in [-0.3, -0.25) is 4.79 Å². The maximum absolute atomic E-state index is 13.9. The van der Waals surface area contributed by atoms with E-state index in [2.05, 4.69) is 33.1 Å². The van der Waals surface area contributed by atoms with E-state index in [1.807, 2.05) is 20.8 Å². The number of carbonyl (C=O) groups is 3. The zero-order chi connectivity index (χ0) is 37.4. The average molecular weight is 682 g/mol. The van der Waals surface area contributed by atoms with Gasteiger partial charge in [0.25, 0.3) is 0 Å². The molecule has 266 valence electrons. The molecule has 1 amide bonds. The van der Waals surface area contributed by atoms with E-state index in [-0.39, 0.29) is 23.0 Å². The third-order valence-corrected chi connectivity index (χ3v) is 6.66. The SMILES string of the molecule is C=C/C(=C\C=C(/C)C(=O)O)C/C(C)=C(/N=C\C=C\Oc1ccc(NC)cc1F)NNC.CC.CCC(C)(C=O)C(=O)Nc1ccc(F)cc1. The number of ether oxygens (including phenoxy) is 1. The topological polar surface area (TPSA) is 141 Å². The third kappa shape index (κ3) is 16.3. The Balaban J connectivity index is 0.00000107. The summed E-state index contributed by atoms with van der Waals surface area (Å²) in [7, 11) is 3.42. The van der Waals surface area contributed by atoms with E-state index in [0.717, 1.165) is 11.1 Å². The molecular formula is C37H49F2N5O5. The van der Waals surface area contributed by atoms with Crippen molar-refractivity contribution in [3.8, 4) is 5.75 Å². The van der Waals surface area contributed by atoms with Gasteiger partial charge < -0.3 is 30.7 Å². The molecule has 10 nitrogen and oxygen atoms in total. The van der Waals surface area contributed by atoms with E-state index in [1.165, 1.54) is 61.9 Å². The average Bonchev–Trinajstić information content (AvgIpc) is 3.11. The molecule has 0 radical (unpaired) electrons. The van der Waals surface area contributed by atoms with Gasteiger partial charge in [-0.1, -0.05) is 45.6 Å². The van der Waals surface area contributed by atoms with Crippen LogP contribution in [0.15, 0.2) is 107 Å². The van der Waals surface area contributed by atoms with Crippen LogP contribution in [0.5, 0.6) is 5.75 Å². The van der Waals surface area contributed by atoms with Crippen LogP contribution in [0.2, 0.25) is 0 Å². The Labute approximate surface area is 288 Å². The second-order valence-corrected chi connectivity index (χ2v) is 10.3. The molecule has 2 rings (SSSR count). The molecule has 0 aliphatic carbocycles. The van der Waals surface area contributed by atoms with Crippen LogP contribution >= 0.6 is 0 Å². The summed E-state index contributed by atoms with van der Waals surface area (Å²) >= 11 is 0. The van der Waals surface area contributed by atoms with Crippen molar-refractivity contribution in [1.82, 2.24) is 10.9 Å². The fourth-order valence-electron chi connectivity index (χ4n) is 3.38. The number of rotatable bonds is 16. The summed E-state index contributed by atoms with van der Waals surface area (Å²) < 4.78 is 31.8. The smallest absolute Gasteiger partial charge is 0.331 e. The lowest BCUT2D eigenvalue weighted by molar-refractivity contribution is -0.133. The van der Waals surface area contributed by atoms with Crippen LogP contribution in [0.4, 0.5) is 20.2 Å². The van der Waals surface area contributed by atoms with E-state index in [4.69, 9.17) is 9.84 Å². The molecule has 0 heterocycles. The van der Waals surface area contributed by atoms with Crippen LogP contribution in [0.1, 0.15) is 54.4 Å². The molecule has 0 aliphatic heterocycles. The number of allylic oxidation sites excluding steroid dienone is 6. The molecule has 0 fully saturated rings. The lowest BCUT2D eigenvalue weighted by Crippen LogP contribution is -2.34. The number of hydrogen-bond donors (Lipinski definition) is 5. The molecule has 0 saturated carbocycles. The van der Waals surface area contributed by atoms with Crippen LogP contribution in [-0.4, -0.2) is 43.6 Å². The summed E-state index contributed by atoms with van der Waals surface area (Å²) in [4.78, 5) is 37.8. The summed E-state index contributed by atoms with van der Waals surface area (Å²) in [6, 6.07) is 9.99. The van der Waals surface area contributed by atoms with Gasteiger partial charge in [0, 0.05) is 43.3 Å². The number of benzene rings is 2. The number of amides is 1. The minimum Gasteiger partial charge on any atom is -0.478 e. The Hall–Kier alpha value is -5.36. The van der Waals surface area contributed by atoms with E-state index in [1.54, 1.807) is 52.2 Å². The molecule has 0 aliphatic rings. The van der Waals surface area contributed by atoms with Crippen LogP contribution in [0.25, 0.3) is 0 Å². The van der Waals surface area contributed by atoms with Gasteiger partial charge in [0.1, 0.15) is 23.3 Å². The van der Waals surface area contributed by atoms with Gasteiger partial charge in [-0.25, -0.2) is 24.0 Å². The van der Waals surface area contributed by atoms with E-state index in [9.17, 15) is 23.2 Å². The summed E-state index contributed by atoms with van der Waals surface area (Å²) in [5, 5.41) is 14.4. The monoisotopic (exact) mass is 681 g/mol. The van der Waals surface area contributed by atoms with Gasteiger partial charge in [0.15, 0.2) is 11.6 Å². The van der Waals surface area contributed by atoms with Crippen LogP contribution < -0.4 is 26.2 Å². The van der Waals surface area contributed by atoms with Crippen molar-refractivity contribution in [2.24, 2.45) is 10.4 Å². The van der Waals surface area contributed by atoms with Crippen molar-refractivity contribution in [2.45, 2.75) is 54.4 Å². The van der Waals surface area contributed by atoms with E-state index >= 15 is 0 Å². The summed E-state index contributed by atoms with van der Waals surface area (Å²) in [6.45, 7) is 14.5. The Kier molecular flexibility index (Phi) is 21.3. The van der Waals surface area contributed by atoms with Gasteiger partial charge in [-0.15, -0.1) is 0 Å². The van der Waals surface area contributed by atoms with Crippen molar-refractivity contribution >= 4 is 35.8 Å². The largest absolute Gasteiger partial charge is 0.478 e. The number of carboxylic acid groups (broad SMARTS) is 1. The number of aldehydes is 1. The van der Waals surface area contributed by atoms with Gasteiger partial charge >= 0.3 is 5.97 Å². The maximum atomic E-state index is 13.9. The number of anilines is 2. The van der Waals surface area contributed by atoms with E-state index in [0.29, 0.717) is 36.3 Å². The second-order valence-electron chi connectivity index (χ2n) is 10.3. The number of carbonyl (C=O) groups excluding carboxylic acids is 2. The first-order valence-electron chi connectivity index (χ1n) is 15.6. The molecule has 0 bridgehead atoms. The van der Waals surface area contributed by atoms with Crippen molar-refractivity contribution in [3.05, 3.63) is 114 Å². The zero-order valence-corrected chi connectivity index (χ0v) is 29.5.